The molecule has 0 aromatic heterocycles. The maximum Gasteiger partial charge on any atom is 0.318 e. The lowest BCUT2D eigenvalue weighted by Gasteiger charge is -2.25. The van der Waals surface area contributed by atoms with Gasteiger partial charge in [0.25, 0.3) is 0 Å². The normalized spacial score (nSPS) is 31.4. The minimum atomic E-state index is -0.461. The van der Waals surface area contributed by atoms with Crippen molar-refractivity contribution in [3.63, 3.8) is 0 Å². The molecule has 2 heterocycles. The fourth-order valence-corrected chi connectivity index (χ4v) is 2.79. The molecule has 2 aliphatic rings. The van der Waals surface area contributed by atoms with Gasteiger partial charge in [-0.1, -0.05) is 0 Å². The highest BCUT2D eigenvalue weighted by Crippen LogP contribution is 2.19. The van der Waals surface area contributed by atoms with Gasteiger partial charge >= 0.3 is 6.03 Å². The molecule has 0 saturated carbocycles. The lowest BCUT2D eigenvalue weighted by Crippen LogP contribution is -2.50. The Labute approximate surface area is 113 Å². The van der Waals surface area contributed by atoms with Crippen molar-refractivity contribution in [3.05, 3.63) is 0 Å². The predicted octanol–water partition coefficient (Wildman–Crippen LogP) is 0.160. The van der Waals surface area contributed by atoms with E-state index in [9.17, 15) is 14.7 Å². The van der Waals surface area contributed by atoms with Crippen LogP contribution in [0.25, 0.3) is 0 Å². The second kappa shape index (κ2) is 5.36. The van der Waals surface area contributed by atoms with Gasteiger partial charge in [0.05, 0.1) is 12.1 Å². The van der Waals surface area contributed by atoms with Gasteiger partial charge in [-0.3, -0.25) is 4.79 Å². The fraction of sp³-hybridized carbons (Fsp3) is 0.846. The summed E-state index contributed by atoms with van der Waals surface area (Å²) in [5.41, 5.74) is 0. The summed E-state index contributed by atoms with van der Waals surface area (Å²) in [6.45, 7) is 7.01. The molecule has 2 N–H and O–H groups in total. The van der Waals surface area contributed by atoms with Gasteiger partial charge in [-0.25, -0.2) is 4.79 Å². The van der Waals surface area contributed by atoms with Crippen molar-refractivity contribution >= 4 is 11.9 Å². The molecule has 1 unspecified atom stereocenters. The number of amides is 3. The van der Waals surface area contributed by atoms with E-state index in [-0.39, 0.29) is 24.0 Å². The summed E-state index contributed by atoms with van der Waals surface area (Å²) in [5.74, 6) is -0.00394. The van der Waals surface area contributed by atoms with Gasteiger partial charge in [0.2, 0.25) is 5.91 Å². The lowest BCUT2D eigenvalue weighted by molar-refractivity contribution is -0.130. The number of nitrogens with zero attached hydrogens (tertiary/aromatic N) is 2. The van der Waals surface area contributed by atoms with Crippen LogP contribution in [0.1, 0.15) is 33.6 Å². The van der Waals surface area contributed by atoms with E-state index in [1.165, 1.54) is 0 Å². The van der Waals surface area contributed by atoms with Gasteiger partial charge in [0, 0.05) is 19.1 Å². The summed E-state index contributed by atoms with van der Waals surface area (Å²) in [4.78, 5) is 27.6. The van der Waals surface area contributed by atoms with E-state index in [0.29, 0.717) is 25.9 Å². The number of likely N-dealkylation sites (tertiary alicyclic amines) is 2. The van der Waals surface area contributed by atoms with Crippen LogP contribution in [0.5, 0.6) is 0 Å². The van der Waals surface area contributed by atoms with Crippen LogP contribution >= 0.6 is 0 Å². The Morgan fingerprint density at radius 2 is 2.05 bits per heavy atom. The number of rotatable bonds is 2. The zero-order valence-electron chi connectivity index (χ0n) is 11.8. The van der Waals surface area contributed by atoms with Gasteiger partial charge in [0.15, 0.2) is 0 Å². The molecule has 6 heteroatoms. The molecular formula is C13H23N3O3. The first-order valence-corrected chi connectivity index (χ1v) is 6.97. The average molecular weight is 269 g/mol. The quantitative estimate of drug-likeness (QED) is 0.750. The van der Waals surface area contributed by atoms with Crippen molar-refractivity contribution < 1.29 is 14.7 Å². The zero-order valence-corrected chi connectivity index (χ0v) is 11.8. The van der Waals surface area contributed by atoms with Crippen molar-refractivity contribution in [2.45, 2.75) is 57.8 Å². The SMILES string of the molecule is CC(C)N1CCC(NC(=O)N2CC[C@@H](O)[C@@H]2C)C1=O. The third-order valence-corrected chi connectivity index (χ3v) is 4.14. The van der Waals surface area contributed by atoms with E-state index in [4.69, 9.17) is 0 Å². The first kappa shape index (κ1) is 14.1. The molecule has 0 radical (unpaired) electrons. The molecule has 6 nitrogen and oxygen atoms in total. The monoisotopic (exact) mass is 269 g/mol. The third-order valence-electron chi connectivity index (χ3n) is 4.14. The molecule has 0 spiro atoms. The number of hydrogen-bond donors (Lipinski definition) is 2. The van der Waals surface area contributed by atoms with Crippen LogP contribution in [-0.2, 0) is 4.79 Å². The molecule has 2 aliphatic heterocycles. The second-order valence-electron chi connectivity index (χ2n) is 5.71. The molecule has 0 bridgehead atoms. The molecule has 0 aromatic carbocycles. The largest absolute Gasteiger partial charge is 0.391 e. The zero-order chi connectivity index (χ0) is 14.2. The van der Waals surface area contributed by atoms with Crippen molar-refractivity contribution in [1.29, 1.82) is 0 Å². The van der Waals surface area contributed by atoms with Crippen molar-refractivity contribution in [3.8, 4) is 0 Å². The molecule has 2 saturated heterocycles. The van der Waals surface area contributed by atoms with Crippen LogP contribution in [-0.4, -0.2) is 64.2 Å². The van der Waals surface area contributed by atoms with E-state index < -0.39 is 12.1 Å². The first-order chi connectivity index (χ1) is 8.91. The van der Waals surface area contributed by atoms with Gasteiger partial charge in [-0.2, -0.15) is 0 Å². The van der Waals surface area contributed by atoms with Crippen LogP contribution in [0.15, 0.2) is 0 Å². The van der Waals surface area contributed by atoms with E-state index in [0.717, 1.165) is 0 Å². The van der Waals surface area contributed by atoms with Gasteiger partial charge in [0.1, 0.15) is 6.04 Å². The van der Waals surface area contributed by atoms with Crippen molar-refractivity contribution in [2.75, 3.05) is 13.1 Å². The highest BCUT2D eigenvalue weighted by Gasteiger charge is 2.37. The fourth-order valence-electron chi connectivity index (χ4n) is 2.79. The van der Waals surface area contributed by atoms with E-state index in [1.54, 1.807) is 9.80 Å². The predicted molar refractivity (Wildman–Crippen MR) is 70.6 cm³/mol. The minimum absolute atomic E-state index is 0.00394. The Hall–Kier alpha value is -1.30. The second-order valence-corrected chi connectivity index (χ2v) is 5.71. The first-order valence-electron chi connectivity index (χ1n) is 6.97. The maximum atomic E-state index is 12.1. The average Bonchev–Trinajstić information content (AvgIpc) is 2.85. The summed E-state index contributed by atoms with van der Waals surface area (Å²) in [7, 11) is 0. The number of urea groups is 1. The van der Waals surface area contributed by atoms with E-state index in [1.807, 2.05) is 20.8 Å². The van der Waals surface area contributed by atoms with E-state index >= 15 is 0 Å². The number of hydrogen-bond acceptors (Lipinski definition) is 3. The number of aliphatic hydroxyl groups excluding tert-OH is 1. The van der Waals surface area contributed by atoms with Crippen LogP contribution in [0.2, 0.25) is 0 Å². The standard InChI is InChI=1S/C13H23N3O3/c1-8(2)15-6-4-10(12(15)18)14-13(19)16-7-5-11(17)9(16)3/h8-11,17H,4-7H2,1-3H3,(H,14,19)/t9-,10?,11+/m0/s1. The molecule has 108 valence electrons. The molecule has 2 rings (SSSR count). The molecule has 3 amide bonds. The van der Waals surface area contributed by atoms with Gasteiger partial charge in [-0.05, 0) is 33.6 Å². The summed E-state index contributed by atoms with van der Waals surface area (Å²) in [6, 6.07) is -0.674. The van der Waals surface area contributed by atoms with Gasteiger partial charge < -0.3 is 20.2 Å². The van der Waals surface area contributed by atoms with Crippen molar-refractivity contribution in [2.24, 2.45) is 0 Å². The Kier molecular flexibility index (Phi) is 3.99. The molecule has 0 aromatic rings. The molecular weight excluding hydrogens is 246 g/mol. The van der Waals surface area contributed by atoms with Crippen LogP contribution in [0.4, 0.5) is 4.79 Å². The smallest absolute Gasteiger partial charge is 0.318 e. The Bertz CT molecular complexity index is 372. The summed E-state index contributed by atoms with van der Waals surface area (Å²) >= 11 is 0. The lowest BCUT2D eigenvalue weighted by atomic mass is 10.2. The minimum Gasteiger partial charge on any atom is -0.391 e. The van der Waals surface area contributed by atoms with Gasteiger partial charge in [-0.15, -0.1) is 0 Å². The maximum absolute atomic E-state index is 12.1. The van der Waals surface area contributed by atoms with Crippen LogP contribution < -0.4 is 5.32 Å². The third kappa shape index (κ3) is 2.68. The Morgan fingerprint density at radius 1 is 1.37 bits per heavy atom. The molecule has 0 aliphatic carbocycles. The van der Waals surface area contributed by atoms with Crippen molar-refractivity contribution in [1.82, 2.24) is 15.1 Å². The Balaban J connectivity index is 1.92. The molecule has 2 fully saturated rings. The summed E-state index contributed by atoms with van der Waals surface area (Å²) in [6.07, 6.45) is 0.802. The molecule has 19 heavy (non-hydrogen) atoms. The number of carbonyl (C=O) groups is 2. The Morgan fingerprint density at radius 3 is 2.53 bits per heavy atom. The summed E-state index contributed by atoms with van der Waals surface area (Å²) in [5, 5.41) is 12.4. The highest BCUT2D eigenvalue weighted by atomic mass is 16.3. The number of aliphatic hydroxyl groups is 1. The van der Waals surface area contributed by atoms with Crippen LogP contribution in [0.3, 0.4) is 0 Å². The highest BCUT2D eigenvalue weighted by molar-refractivity contribution is 5.89. The molecule has 3 atom stereocenters. The van der Waals surface area contributed by atoms with Crippen LogP contribution in [0, 0.1) is 0 Å². The number of nitrogens with one attached hydrogen (secondary N) is 1. The van der Waals surface area contributed by atoms with E-state index in [2.05, 4.69) is 5.32 Å². The topological polar surface area (TPSA) is 72.9 Å². The summed E-state index contributed by atoms with van der Waals surface area (Å²) < 4.78 is 0. The number of carbonyl (C=O) groups excluding carboxylic acids is 2.